The molecule has 4 atom stereocenters. The number of hydrogen-bond donors (Lipinski definition) is 0. The van der Waals surface area contributed by atoms with Gasteiger partial charge in [-0.05, 0) is 54.7 Å². The maximum absolute atomic E-state index is 5.59. The number of hydrazone groups is 1. The first-order valence-corrected chi connectivity index (χ1v) is 15.8. The molecule has 3 aliphatic heterocycles. The number of benzene rings is 4. The first-order chi connectivity index (χ1) is 22.1. The highest BCUT2D eigenvalue weighted by Crippen LogP contribution is 2.62. The summed E-state index contributed by atoms with van der Waals surface area (Å²) in [5.41, 5.74) is 7.70. The molecule has 0 spiro atoms. The van der Waals surface area contributed by atoms with E-state index in [1.807, 2.05) is 6.20 Å². The number of aryl methyl sites for hydroxylation is 1. The summed E-state index contributed by atoms with van der Waals surface area (Å²) >= 11 is 0. The molecule has 1 aromatic heterocycles. The van der Waals surface area contributed by atoms with Crippen LogP contribution in [0.4, 0.5) is 28.6 Å². The van der Waals surface area contributed by atoms with Crippen LogP contribution >= 0.6 is 0 Å². The SMILES string of the molecule is CCC1(C2N(c3ccccc3C)N=C(c3ccccc3)N2c2ccccc2)C(C)c2ccccc2N2c3ncncc3N(C)C21. The van der Waals surface area contributed by atoms with Crippen LogP contribution in [0, 0.1) is 12.3 Å². The smallest absolute Gasteiger partial charge is 0.162 e. The average Bonchev–Trinajstić information content (AvgIpc) is 3.63. The van der Waals surface area contributed by atoms with Gasteiger partial charge in [-0.1, -0.05) is 98.8 Å². The highest BCUT2D eigenvalue weighted by Gasteiger charge is 2.64. The number of fused-ring (bicyclic) bond motifs is 5. The second-order valence-corrected chi connectivity index (χ2v) is 12.3. The third-order valence-corrected chi connectivity index (χ3v) is 10.3. The lowest BCUT2D eigenvalue weighted by atomic mass is 9.62. The van der Waals surface area contributed by atoms with Gasteiger partial charge in [0.2, 0.25) is 0 Å². The van der Waals surface area contributed by atoms with Gasteiger partial charge in [-0.15, -0.1) is 0 Å². The molecule has 45 heavy (non-hydrogen) atoms. The summed E-state index contributed by atoms with van der Waals surface area (Å²) in [4.78, 5) is 16.7. The second kappa shape index (κ2) is 10.5. The highest BCUT2D eigenvalue weighted by atomic mass is 15.6. The summed E-state index contributed by atoms with van der Waals surface area (Å²) in [6.07, 6.45) is 4.30. The lowest BCUT2D eigenvalue weighted by molar-refractivity contribution is 0.121. The maximum Gasteiger partial charge on any atom is 0.162 e. The largest absolute Gasteiger partial charge is 0.349 e. The van der Waals surface area contributed by atoms with Gasteiger partial charge in [0.1, 0.15) is 24.3 Å². The number of aromatic nitrogens is 2. The Morgan fingerprint density at radius 2 is 1.40 bits per heavy atom. The summed E-state index contributed by atoms with van der Waals surface area (Å²) in [5, 5.41) is 7.91. The number of hydrogen-bond acceptors (Lipinski definition) is 7. The van der Waals surface area contributed by atoms with E-state index in [0.717, 1.165) is 40.7 Å². The van der Waals surface area contributed by atoms with E-state index in [1.165, 1.54) is 16.8 Å². The Hall–Kier alpha value is -5.17. The van der Waals surface area contributed by atoms with Crippen LogP contribution in [-0.2, 0) is 0 Å². The van der Waals surface area contributed by atoms with Crippen molar-refractivity contribution in [1.82, 2.24) is 9.97 Å². The van der Waals surface area contributed by atoms with Gasteiger partial charge in [0.05, 0.1) is 17.3 Å². The summed E-state index contributed by atoms with van der Waals surface area (Å²) < 4.78 is 0. The van der Waals surface area contributed by atoms with Crippen LogP contribution in [0.3, 0.4) is 0 Å². The van der Waals surface area contributed by atoms with E-state index in [1.54, 1.807) is 6.33 Å². The molecule has 0 bridgehead atoms. The van der Waals surface area contributed by atoms with Crippen molar-refractivity contribution in [1.29, 1.82) is 0 Å². The van der Waals surface area contributed by atoms with Crippen LogP contribution in [0.1, 0.15) is 42.9 Å². The van der Waals surface area contributed by atoms with Gasteiger partial charge in [-0.25, -0.2) is 15.0 Å². The van der Waals surface area contributed by atoms with Crippen LogP contribution in [0.2, 0.25) is 0 Å². The lowest BCUT2D eigenvalue weighted by Crippen LogP contribution is -2.68. The summed E-state index contributed by atoms with van der Waals surface area (Å²) in [6.45, 7) is 6.96. The van der Waals surface area contributed by atoms with Crippen molar-refractivity contribution in [2.24, 2.45) is 10.5 Å². The third-order valence-electron chi connectivity index (χ3n) is 10.3. The quantitative estimate of drug-likeness (QED) is 0.207. The molecule has 8 rings (SSSR count). The van der Waals surface area contributed by atoms with Gasteiger partial charge in [-0.2, -0.15) is 5.10 Å². The predicted octanol–water partition coefficient (Wildman–Crippen LogP) is 7.93. The zero-order valence-corrected chi connectivity index (χ0v) is 26.1. The van der Waals surface area contributed by atoms with Crippen LogP contribution in [-0.4, -0.2) is 35.2 Å². The van der Waals surface area contributed by atoms with Gasteiger partial charge >= 0.3 is 0 Å². The third kappa shape index (κ3) is 3.86. The van der Waals surface area contributed by atoms with Crippen molar-refractivity contribution in [3.05, 3.63) is 138 Å². The minimum absolute atomic E-state index is 0.0489. The van der Waals surface area contributed by atoms with Gasteiger partial charge in [0, 0.05) is 24.0 Å². The minimum atomic E-state index is -0.373. The van der Waals surface area contributed by atoms with E-state index >= 15 is 0 Å². The number of nitrogens with zero attached hydrogens (tertiary/aromatic N) is 7. The molecule has 0 N–H and O–H groups in total. The zero-order valence-electron chi connectivity index (χ0n) is 26.1. The van der Waals surface area contributed by atoms with E-state index in [9.17, 15) is 0 Å². The molecule has 0 radical (unpaired) electrons. The Balaban J connectivity index is 1.45. The van der Waals surface area contributed by atoms with Crippen molar-refractivity contribution >= 4 is 34.4 Å². The standard InChI is InChI=1S/C38H37N7/c1-5-38(27(3)30-21-13-15-23-32(30)44-35-33(24-39-25-40-35)42(4)36(38)44)37-43(29-19-10-7-11-20-29)34(28-17-8-6-9-18-28)41-45(37)31-22-14-12-16-26(31)2/h6-25,27,36-37H,5H2,1-4H3. The van der Waals surface area contributed by atoms with E-state index in [4.69, 9.17) is 10.1 Å². The van der Waals surface area contributed by atoms with Crippen LogP contribution in [0.5, 0.6) is 0 Å². The van der Waals surface area contributed by atoms with Crippen molar-refractivity contribution in [2.45, 2.75) is 45.4 Å². The highest BCUT2D eigenvalue weighted by molar-refractivity contribution is 6.13. The first kappa shape index (κ1) is 27.4. The second-order valence-electron chi connectivity index (χ2n) is 12.3. The molecule has 0 amide bonds. The Bertz CT molecular complexity index is 1890. The van der Waals surface area contributed by atoms with E-state index in [-0.39, 0.29) is 23.7 Å². The lowest BCUT2D eigenvalue weighted by Gasteiger charge is -2.58. The van der Waals surface area contributed by atoms with Crippen LogP contribution < -0.4 is 19.7 Å². The van der Waals surface area contributed by atoms with E-state index < -0.39 is 0 Å². The Morgan fingerprint density at radius 1 is 0.733 bits per heavy atom. The number of rotatable bonds is 5. The normalized spacial score (nSPS) is 23.5. The fourth-order valence-corrected chi connectivity index (χ4v) is 8.17. The topological polar surface area (TPSA) is 51.1 Å². The van der Waals surface area contributed by atoms with Gasteiger partial charge in [0.15, 0.2) is 11.7 Å². The van der Waals surface area contributed by atoms with Crippen molar-refractivity contribution in [3.8, 4) is 0 Å². The maximum atomic E-state index is 5.59. The molecule has 0 saturated heterocycles. The zero-order chi connectivity index (χ0) is 30.7. The molecule has 7 heteroatoms. The van der Waals surface area contributed by atoms with E-state index in [0.29, 0.717) is 0 Å². The van der Waals surface area contributed by atoms with Crippen LogP contribution in [0.15, 0.2) is 127 Å². The molecule has 4 aromatic carbocycles. The molecule has 0 aliphatic carbocycles. The van der Waals surface area contributed by atoms with Crippen molar-refractivity contribution in [2.75, 3.05) is 26.8 Å². The fraction of sp³-hybridized carbons (Fsp3) is 0.237. The van der Waals surface area contributed by atoms with Crippen molar-refractivity contribution < 1.29 is 0 Å². The monoisotopic (exact) mass is 591 g/mol. The molecular formula is C38H37N7. The van der Waals surface area contributed by atoms with Gasteiger partial charge in [-0.3, -0.25) is 0 Å². The molecular weight excluding hydrogens is 554 g/mol. The molecule has 0 fully saturated rings. The molecule has 3 aliphatic rings. The van der Waals surface area contributed by atoms with Crippen LogP contribution in [0.25, 0.3) is 0 Å². The molecule has 4 heterocycles. The van der Waals surface area contributed by atoms with E-state index in [2.05, 4.69) is 162 Å². The summed E-state index contributed by atoms with van der Waals surface area (Å²) in [7, 11) is 2.21. The molecule has 5 aromatic rings. The fourth-order valence-electron chi connectivity index (χ4n) is 8.17. The van der Waals surface area contributed by atoms with Gasteiger partial charge < -0.3 is 14.7 Å². The van der Waals surface area contributed by atoms with Gasteiger partial charge in [0.25, 0.3) is 0 Å². The molecule has 4 unspecified atom stereocenters. The predicted molar refractivity (Wildman–Crippen MR) is 183 cm³/mol. The Morgan fingerprint density at radius 3 is 2.13 bits per heavy atom. The first-order valence-electron chi connectivity index (χ1n) is 15.8. The number of para-hydroxylation sites is 3. The number of anilines is 5. The molecule has 7 nitrogen and oxygen atoms in total. The molecule has 224 valence electrons. The Labute approximate surface area is 265 Å². The summed E-state index contributed by atoms with van der Waals surface area (Å²) in [5.74, 6) is 2.06. The average molecular weight is 592 g/mol. The van der Waals surface area contributed by atoms with Crippen molar-refractivity contribution in [3.63, 3.8) is 0 Å². The Kier molecular flexibility index (Phi) is 6.38. The summed E-state index contributed by atoms with van der Waals surface area (Å²) in [6, 6.07) is 38.9. The number of amidine groups is 1. The minimum Gasteiger partial charge on any atom is -0.349 e. The molecule has 0 saturated carbocycles.